The third-order valence-electron chi connectivity index (χ3n) is 3.49. The second-order valence-corrected chi connectivity index (χ2v) is 5.75. The highest BCUT2D eigenvalue weighted by atomic mass is 32.2. The van der Waals surface area contributed by atoms with Crippen LogP contribution >= 0.6 is 11.8 Å². The third kappa shape index (κ3) is 3.03. The van der Waals surface area contributed by atoms with E-state index in [1.807, 2.05) is 54.8 Å². The van der Waals surface area contributed by atoms with Crippen molar-refractivity contribution in [3.63, 3.8) is 0 Å². The topological polar surface area (TPSA) is 75.6 Å². The molecule has 2 heterocycles. The Hall–Kier alpha value is -2.84. The molecule has 23 heavy (non-hydrogen) atoms. The number of hydrogen-bond donors (Lipinski definition) is 1. The average Bonchev–Trinajstić information content (AvgIpc) is 2.62. The van der Waals surface area contributed by atoms with E-state index in [0.29, 0.717) is 11.3 Å². The van der Waals surface area contributed by atoms with Gasteiger partial charge < -0.3 is 5.73 Å². The van der Waals surface area contributed by atoms with E-state index in [1.165, 1.54) is 4.90 Å². The van der Waals surface area contributed by atoms with Crippen LogP contribution in [0.5, 0.6) is 0 Å². The molecule has 0 aliphatic heterocycles. The van der Waals surface area contributed by atoms with Crippen molar-refractivity contribution in [1.29, 1.82) is 5.26 Å². The fourth-order valence-corrected chi connectivity index (χ4v) is 2.73. The highest BCUT2D eigenvalue weighted by Crippen LogP contribution is 2.31. The number of hydrogen-bond acceptors (Lipinski definition) is 5. The molecule has 0 radical (unpaired) electrons. The molecule has 0 aliphatic carbocycles. The van der Waals surface area contributed by atoms with E-state index < -0.39 is 0 Å². The number of nitriles is 1. The molecule has 0 unspecified atom stereocenters. The monoisotopic (exact) mass is 318 g/mol. The average molecular weight is 318 g/mol. The van der Waals surface area contributed by atoms with Crippen molar-refractivity contribution >= 4 is 17.6 Å². The van der Waals surface area contributed by atoms with Gasteiger partial charge in [-0.25, -0.2) is 4.98 Å². The smallest absolute Gasteiger partial charge is 0.142 e. The number of rotatable bonds is 3. The number of thioether (sulfide) groups is 1. The maximum atomic E-state index is 9.43. The zero-order valence-electron chi connectivity index (χ0n) is 12.5. The zero-order valence-corrected chi connectivity index (χ0v) is 13.3. The first-order valence-corrected chi connectivity index (χ1v) is 8.22. The summed E-state index contributed by atoms with van der Waals surface area (Å²) in [6, 6.07) is 17.7. The minimum atomic E-state index is 0.222. The van der Waals surface area contributed by atoms with Crippen LogP contribution in [0.2, 0.25) is 0 Å². The molecule has 2 aromatic heterocycles. The largest absolute Gasteiger partial charge is 0.383 e. The van der Waals surface area contributed by atoms with Crippen molar-refractivity contribution in [2.75, 3.05) is 12.0 Å². The molecule has 0 bridgehead atoms. The van der Waals surface area contributed by atoms with E-state index in [9.17, 15) is 5.26 Å². The Morgan fingerprint density at radius 3 is 2.48 bits per heavy atom. The first-order chi connectivity index (χ1) is 11.2. The van der Waals surface area contributed by atoms with Crippen molar-refractivity contribution in [2.24, 2.45) is 0 Å². The standard InChI is InChI=1S/C18H14N4S/c1-23-13-7-5-12(6-8-13)14-10-17(16-4-2-3-9-21-16)22-18(20)15(14)11-19/h2-10H,1H3,(H2,20,22). The summed E-state index contributed by atoms with van der Waals surface area (Å²) in [5.41, 5.74) is 9.48. The Labute approximate surface area is 139 Å². The summed E-state index contributed by atoms with van der Waals surface area (Å²) >= 11 is 1.67. The molecule has 0 saturated carbocycles. The van der Waals surface area contributed by atoms with Gasteiger partial charge in [0.1, 0.15) is 17.5 Å². The summed E-state index contributed by atoms with van der Waals surface area (Å²) in [7, 11) is 0. The summed E-state index contributed by atoms with van der Waals surface area (Å²) in [6.45, 7) is 0. The van der Waals surface area contributed by atoms with Gasteiger partial charge in [-0.2, -0.15) is 5.26 Å². The first kappa shape index (κ1) is 15.1. The van der Waals surface area contributed by atoms with E-state index in [4.69, 9.17) is 5.73 Å². The summed E-state index contributed by atoms with van der Waals surface area (Å²) in [5.74, 6) is 0.222. The van der Waals surface area contributed by atoms with Gasteiger partial charge in [0.25, 0.3) is 0 Å². The van der Waals surface area contributed by atoms with Crippen molar-refractivity contribution in [3.8, 4) is 28.6 Å². The van der Waals surface area contributed by atoms with E-state index in [2.05, 4.69) is 16.0 Å². The lowest BCUT2D eigenvalue weighted by Gasteiger charge is -2.10. The predicted molar refractivity (Wildman–Crippen MR) is 93.8 cm³/mol. The van der Waals surface area contributed by atoms with Gasteiger partial charge in [-0.3, -0.25) is 4.98 Å². The highest BCUT2D eigenvalue weighted by molar-refractivity contribution is 7.98. The lowest BCUT2D eigenvalue weighted by molar-refractivity contribution is 1.24. The first-order valence-electron chi connectivity index (χ1n) is 6.99. The van der Waals surface area contributed by atoms with Crippen LogP contribution in [0, 0.1) is 11.3 Å². The molecule has 5 heteroatoms. The lowest BCUT2D eigenvalue weighted by atomic mass is 9.99. The Morgan fingerprint density at radius 2 is 1.87 bits per heavy atom. The van der Waals surface area contributed by atoms with Gasteiger partial charge >= 0.3 is 0 Å². The van der Waals surface area contributed by atoms with Gasteiger partial charge in [-0.15, -0.1) is 11.8 Å². The minimum Gasteiger partial charge on any atom is -0.383 e. The van der Waals surface area contributed by atoms with Gasteiger partial charge in [0.05, 0.1) is 11.4 Å². The number of nitrogen functional groups attached to an aromatic ring is 1. The lowest BCUT2D eigenvalue weighted by Crippen LogP contribution is -2.00. The van der Waals surface area contributed by atoms with Crippen LogP contribution in [0.1, 0.15) is 5.56 Å². The fraction of sp³-hybridized carbons (Fsp3) is 0.0556. The molecule has 2 N–H and O–H groups in total. The number of aromatic nitrogens is 2. The molecule has 3 rings (SSSR count). The molecule has 112 valence electrons. The quantitative estimate of drug-likeness (QED) is 0.739. The third-order valence-corrected chi connectivity index (χ3v) is 4.23. The van der Waals surface area contributed by atoms with Crippen LogP contribution in [0.25, 0.3) is 22.5 Å². The van der Waals surface area contributed by atoms with Crippen LogP contribution in [-0.4, -0.2) is 16.2 Å². The fourth-order valence-electron chi connectivity index (χ4n) is 2.33. The normalized spacial score (nSPS) is 10.3. The van der Waals surface area contributed by atoms with Gasteiger partial charge in [-0.1, -0.05) is 18.2 Å². The van der Waals surface area contributed by atoms with Crippen molar-refractivity contribution < 1.29 is 0 Å². The molecular weight excluding hydrogens is 304 g/mol. The highest BCUT2D eigenvalue weighted by Gasteiger charge is 2.13. The summed E-state index contributed by atoms with van der Waals surface area (Å²) in [5, 5.41) is 9.43. The summed E-state index contributed by atoms with van der Waals surface area (Å²) < 4.78 is 0. The van der Waals surface area contributed by atoms with Crippen LogP contribution in [0.15, 0.2) is 59.6 Å². The van der Waals surface area contributed by atoms with E-state index in [1.54, 1.807) is 18.0 Å². The van der Waals surface area contributed by atoms with Crippen LogP contribution in [0.4, 0.5) is 5.82 Å². The second kappa shape index (κ2) is 6.51. The van der Waals surface area contributed by atoms with Gasteiger partial charge in [0, 0.05) is 16.7 Å². The maximum Gasteiger partial charge on any atom is 0.142 e. The van der Waals surface area contributed by atoms with Crippen molar-refractivity contribution in [2.45, 2.75) is 4.90 Å². The minimum absolute atomic E-state index is 0.222. The number of pyridine rings is 2. The van der Waals surface area contributed by atoms with E-state index in [-0.39, 0.29) is 5.82 Å². The molecule has 0 fully saturated rings. The predicted octanol–water partition coefficient (Wildman–Crippen LogP) is 3.99. The summed E-state index contributed by atoms with van der Waals surface area (Å²) in [4.78, 5) is 9.79. The number of benzene rings is 1. The van der Waals surface area contributed by atoms with Crippen molar-refractivity contribution in [1.82, 2.24) is 9.97 Å². The van der Waals surface area contributed by atoms with Crippen molar-refractivity contribution in [3.05, 3.63) is 60.3 Å². The molecule has 0 aliphatic rings. The van der Waals surface area contributed by atoms with E-state index in [0.717, 1.165) is 16.8 Å². The number of nitrogens with zero attached hydrogens (tertiary/aromatic N) is 3. The zero-order chi connectivity index (χ0) is 16.2. The SMILES string of the molecule is CSc1ccc(-c2cc(-c3ccccn3)nc(N)c2C#N)cc1. The Bertz CT molecular complexity index is 868. The molecule has 0 saturated heterocycles. The van der Waals surface area contributed by atoms with Gasteiger partial charge in [0.15, 0.2) is 0 Å². The molecule has 0 atom stereocenters. The van der Waals surface area contributed by atoms with E-state index >= 15 is 0 Å². The number of nitrogens with two attached hydrogens (primary N) is 1. The molecule has 0 spiro atoms. The van der Waals surface area contributed by atoms with Crippen LogP contribution in [-0.2, 0) is 0 Å². The Balaban J connectivity index is 2.18. The van der Waals surface area contributed by atoms with Gasteiger partial charge in [-0.05, 0) is 42.2 Å². The Morgan fingerprint density at radius 1 is 1.09 bits per heavy atom. The van der Waals surface area contributed by atoms with Crippen LogP contribution in [0.3, 0.4) is 0 Å². The molecular formula is C18H14N4S. The second-order valence-electron chi connectivity index (χ2n) is 4.87. The molecule has 3 aromatic rings. The molecule has 0 amide bonds. The van der Waals surface area contributed by atoms with Gasteiger partial charge in [0.2, 0.25) is 0 Å². The molecule has 4 nitrogen and oxygen atoms in total. The maximum absolute atomic E-state index is 9.43. The Kier molecular flexibility index (Phi) is 4.26. The number of anilines is 1. The summed E-state index contributed by atoms with van der Waals surface area (Å²) in [6.07, 6.45) is 3.73. The molecule has 1 aromatic carbocycles. The van der Waals surface area contributed by atoms with Crippen LogP contribution < -0.4 is 5.73 Å².